The number of fused-ring (bicyclic) bond motifs is 2. The molecule has 3 aromatic heterocycles. The number of oxazole rings is 1. The molecule has 1 aliphatic heterocycles. The maximum atomic E-state index is 13.2. The number of amides is 1. The standard InChI is InChI=1S/C21H17FN4O3/c22-14-4-3-5-15(10-14)28-13-20-24-17-7-9-25(12-19(17)29-20)21(27)16-11-23-26-8-2-1-6-18(16)26/h1-6,8,10-11H,7,9,12-13H2. The Bertz CT molecular complexity index is 1200. The van der Waals surface area contributed by atoms with Gasteiger partial charge < -0.3 is 14.1 Å². The quantitative estimate of drug-likeness (QED) is 0.533. The van der Waals surface area contributed by atoms with Crippen LogP contribution in [0.3, 0.4) is 0 Å². The zero-order chi connectivity index (χ0) is 19.8. The van der Waals surface area contributed by atoms with E-state index in [0.29, 0.717) is 42.5 Å². The highest BCUT2D eigenvalue weighted by Gasteiger charge is 2.27. The fourth-order valence-electron chi connectivity index (χ4n) is 3.46. The van der Waals surface area contributed by atoms with Crippen LogP contribution in [0.2, 0.25) is 0 Å². The number of hydrogen-bond donors (Lipinski definition) is 0. The minimum atomic E-state index is -0.365. The van der Waals surface area contributed by atoms with E-state index in [1.54, 1.807) is 27.7 Å². The van der Waals surface area contributed by atoms with Crippen molar-refractivity contribution in [2.75, 3.05) is 6.54 Å². The van der Waals surface area contributed by atoms with Gasteiger partial charge in [-0.15, -0.1) is 0 Å². The van der Waals surface area contributed by atoms with Gasteiger partial charge in [-0.25, -0.2) is 13.9 Å². The van der Waals surface area contributed by atoms with Gasteiger partial charge in [0.1, 0.15) is 17.3 Å². The predicted molar refractivity (Wildman–Crippen MR) is 101 cm³/mol. The fourth-order valence-corrected chi connectivity index (χ4v) is 3.46. The van der Waals surface area contributed by atoms with Crippen LogP contribution in [0, 0.1) is 5.82 Å². The maximum absolute atomic E-state index is 13.2. The number of aromatic nitrogens is 3. The number of ether oxygens (including phenoxy) is 1. The SMILES string of the molecule is O=C(c1cnn2ccccc12)N1CCc2nc(COc3cccc(F)c3)oc2C1. The molecule has 0 saturated heterocycles. The molecule has 0 bridgehead atoms. The van der Waals surface area contributed by atoms with Crippen LogP contribution in [0.4, 0.5) is 4.39 Å². The van der Waals surface area contributed by atoms with Gasteiger partial charge in [0.15, 0.2) is 6.61 Å². The molecule has 1 amide bonds. The third-order valence-corrected chi connectivity index (χ3v) is 4.88. The van der Waals surface area contributed by atoms with E-state index in [1.165, 1.54) is 12.1 Å². The van der Waals surface area contributed by atoms with E-state index in [-0.39, 0.29) is 18.3 Å². The van der Waals surface area contributed by atoms with Crippen LogP contribution < -0.4 is 4.74 Å². The summed E-state index contributed by atoms with van der Waals surface area (Å²) in [6.07, 6.45) is 4.00. The maximum Gasteiger partial charge on any atom is 0.258 e. The minimum Gasteiger partial charge on any atom is -0.484 e. The molecule has 0 N–H and O–H groups in total. The Balaban J connectivity index is 1.30. The number of nitrogens with zero attached hydrogens (tertiary/aromatic N) is 4. The van der Waals surface area contributed by atoms with E-state index in [4.69, 9.17) is 9.15 Å². The summed E-state index contributed by atoms with van der Waals surface area (Å²) in [4.78, 5) is 19.2. The van der Waals surface area contributed by atoms with Crippen molar-refractivity contribution in [2.24, 2.45) is 0 Å². The normalized spacial score (nSPS) is 13.5. The lowest BCUT2D eigenvalue weighted by molar-refractivity contribution is 0.0720. The zero-order valence-electron chi connectivity index (χ0n) is 15.4. The van der Waals surface area contributed by atoms with Crippen LogP contribution in [-0.4, -0.2) is 31.9 Å². The van der Waals surface area contributed by atoms with Crippen molar-refractivity contribution >= 4 is 11.4 Å². The molecule has 29 heavy (non-hydrogen) atoms. The lowest BCUT2D eigenvalue weighted by atomic mass is 10.1. The molecule has 8 heteroatoms. The third-order valence-electron chi connectivity index (χ3n) is 4.88. The van der Waals surface area contributed by atoms with Gasteiger partial charge >= 0.3 is 0 Å². The van der Waals surface area contributed by atoms with Gasteiger partial charge in [-0.1, -0.05) is 12.1 Å². The summed E-state index contributed by atoms with van der Waals surface area (Å²) >= 11 is 0. The average molecular weight is 392 g/mol. The van der Waals surface area contributed by atoms with E-state index in [9.17, 15) is 9.18 Å². The second kappa shape index (κ2) is 7.05. The van der Waals surface area contributed by atoms with E-state index in [0.717, 1.165) is 11.2 Å². The molecule has 0 atom stereocenters. The molecule has 5 rings (SSSR count). The molecule has 0 fully saturated rings. The highest BCUT2D eigenvalue weighted by atomic mass is 19.1. The zero-order valence-corrected chi connectivity index (χ0v) is 15.4. The van der Waals surface area contributed by atoms with Crippen LogP contribution in [0.15, 0.2) is 59.3 Å². The van der Waals surface area contributed by atoms with Crippen LogP contribution in [0.5, 0.6) is 5.75 Å². The smallest absolute Gasteiger partial charge is 0.258 e. The number of rotatable bonds is 4. The molecule has 146 valence electrons. The van der Waals surface area contributed by atoms with Gasteiger partial charge in [0, 0.05) is 25.2 Å². The second-order valence-corrected chi connectivity index (χ2v) is 6.79. The monoisotopic (exact) mass is 392 g/mol. The van der Waals surface area contributed by atoms with Crippen molar-refractivity contribution in [3.8, 4) is 5.75 Å². The van der Waals surface area contributed by atoms with Crippen molar-refractivity contribution in [3.05, 3.63) is 83.6 Å². The van der Waals surface area contributed by atoms with Crippen LogP contribution in [-0.2, 0) is 19.6 Å². The van der Waals surface area contributed by atoms with Gasteiger partial charge in [-0.05, 0) is 24.3 Å². The topological polar surface area (TPSA) is 72.9 Å². The second-order valence-electron chi connectivity index (χ2n) is 6.79. The van der Waals surface area contributed by atoms with E-state index < -0.39 is 0 Å². The number of benzene rings is 1. The van der Waals surface area contributed by atoms with Crippen molar-refractivity contribution < 1.29 is 18.3 Å². The van der Waals surface area contributed by atoms with Gasteiger partial charge in [0.2, 0.25) is 5.89 Å². The number of carbonyl (C=O) groups is 1. The Hall–Kier alpha value is -3.68. The lowest BCUT2D eigenvalue weighted by Gasteiger charge is -2.24. The number of pyridine rings is 1. The van der Waals surface area contributed by atoms with Gasteiger partial charge in [-0.3, -0.25) is 4.79 Å². The largest absolute Gasteiger partial charge is 0.484 e. The van der Waals surface area contributed by atoms with Crippen LogP contribution in [0.1, 0.15) is 27.7 Å². The van der Waals surface area contributed by atoms with Crippen molar-refractivity contribution in [1.82, 2.24) is 19.5 Å². The summed E-state index contributed by atoms with van der Waals surface area (Å²) < 4.78 is 26.3. The molecular weight excluding hydrogens is 375 g/mol. The lowest BCUT2D eigenvalue weighted by Crippen LogP contribution is -2.35. The van der Waals surface area contributed by atoms with Crippen LogP contribution in [0.25, 0.3) is 5.52 Å². The molecule has 0 radical (unpaired) electrons. The Morgan fingerprint density at radius 2 is 2.17 bits per heavy atom. The summed E-state index contributed by atoms with van der Waals surface area (Å²) in [5, 5.41) is 4.23. The Kier molecular flexibility index (Phi) is 4.23. The Labute approximate surface area is 165 Å². The first-order chi connectivity index (χ1) is 14.2. The first kappa shape index (κ1) is 17.4. The molecule has 4 heterocycles. The number of halogens is 1. The van der Waals surface area contributed by atoms with Crippen molar-refractivity contribution in [3.63, 3.8) is 0 Å². The first-order valence-electron chi connectivity index (χ1n) is 9.25. The highest BCUT2D eigenvalue weighted by molar-refractivity contribution is 6.00. The van der Waals surface area contributed by atoms with Crippen molar-refractivity contribution in [2.45, 2.75) is 19.6 Å². The molecule has 1 aliphatic rings. The summed E-state index contributed by atoms with van der Waals surface area (Å²) in [5.41, 5.74) is 2.15. The molecule has 7 nitrogen and oxygen atoms in total. The first-order valence-corrected chi connectivity index (χ1v) is 9.25. The molecule has 0 spiro atoms. The van der Waals surface area contributed by atoms with Gasteiger partial charge in [0.05, 0.1) is 29.5 Å². The predicted octanol–water partition coefficient (Wildman–Crippen LogP) is 3.24. The van der Waals surface area contributed by atoms with Crippen molar-refractivity contribution in [1.29, 1.82) is 0 Å². The highest BCUT2D eigenvalue weighted by Crippen LogP contribution is 2.23. The summed E-state index contributed by atoms with van der Waals surface area (Å²) in [6.45, 7) is 0.983. The molecule has 0 aliphatic carbocycles. The fraction of sp³-hybridized carbons (Fsp3) is 0.190. The molecule has 0 unspecified atom stereocenters. The summed E-state index contributed by atoms with van der Waals surface area (Å²) in [6, 6.07) is 11.5. The minimum absolute atomic E-state index is 0.0918. The van der Waals surface area contributed by atoms with E-state index in [1.807, 2.05) is 24.4 Å². The van der Waals surface area contributed by atoms with Crippen LogP contribution >= 0.6 is 0 Å². The molecule has 1 aromatic carbocycles. The van der Waals surface area contributed by atoms with E-state index >= 15 is 0 Å². The summed E-state index contributed by atoms with van der Waals surface area (Å²) in [5.74, 6) is 1.01. The Morgan fingerprint density at radius 1 is 1.24 bits per heavy atom. The molecule has 4 aromatic rings. The third kappa shape index (κ3) is 3.33. The average Bonchev–Trinajstić information content (AvgIpc) is 3.35. The van der Waals surface area contributed by atoms with E-state index in [2.05, 4.69) is 10.1 Å². The number of carbonyl (C=O) groups excluding carboxylic acids is 1. The van der Waals surface area contributed by atoms with Gasteiger partial charge in [-0.2, -0.15) is 5.10 Å². The summed E-state index contributed by atoms with van der Waals surface area (Å²) in [7, 11) is 0. The molecule has 0 saturated carbocycles. The Morgan fingerprint density at radius 3 is 3.07 bits per heavy atom. The molecular formula is C21H17FN4O3. The van der Waals surface area contributed by atoms with Gasteiger partial charge in [0.25, 0.3) is 5.91 Å². The number of hydrogen-bond acceptors (Lipinski definition) is 5.